The fraction of sp³-hybridized carbons (Fsp3) is 0.722. The highest BCUT2D eigenvalue weighted by Gasteiger charge is 2.56. The highest BCUT2D eigenvalue weighted by molar-refractivity contribution is 5.91. The second-order valence-corrected chi connectivity index (χ2v) is 6.95. The van der Waals surface area contributed by atoms with Gasteiger partial charge in [-0.15, -0.1) is 0 Å². The molecule has 3 aliphatic carbocycles. The number of carbonyl (C=O) groups is 1. The molecular formula is C18H26O4. The second kappa shape index (κ2) is 6.17. The van der Waals surface area contributed by atoms with Crippen molar-refractivity contribution in [1.29, 1.82) is 0 Å². The first-order valence-corrected chi connectivity index (χ1v) is 8.17. The zero-order chi connectivity index (χ0) is 15.9. The topological polar surface area (TPSA) is 44.8 Å². The van der Waals surface area contributed by atoms with Crippen LogP contribution in [0.4, 0.5) is 0 Å². The van der Waals surface area contributed by atoms with Crippen LogP contribution in [0.2, 0.25) is 0 Å². The normalized spacial score (nSPS) is 35.6. The van der Waals surface area contributed by atoms with E-state index < -0.39 is 0 Å². The van der Waals surface area contributed by atoms with Crippen molar-refractivity contribution in [2.45, 2.75) is 20.3 Å². The van der Waals surface area contributed by atoms with Crippen molar-refractivity contribution >= 4 is 5.97 Å². The number of ether oxygens (including phenoxy) is 3. The minimum absolute atomic E-state index is 0.130. The maximum absolute atomic E-state index is 12.4. The predicted molar refractivity (Wildman–Crippen MR) is 82.9 cm³/mol. The molecule has 0 saturated heterocycles. The lowest BCUT2D eigenvalue weighted by Crippen LogP contribution is -2.28. The molecule has 0 aromatic carbocycles. The van der Waals surface area contributed by atoms with E-state index in [9.17, 15) is 4.79 Å². The van der Waals surface area contributed by atoms with Gasteiger partial charge < -0.3 is 14.2 Å². The van der Waals surface area contributed by atoms with Gasteiger partial charge in [-0.3, -0.25) is 0 Å². The molecule has 0 aliphatic heterocycles. The fourth-order valence-corrected chi connectivity index (χ4v) is 4.96. The van der Waals surface area contributed by atoms with Crippen LogP contribution in [0.1, 0.15) is 20.3 Å². The van der Waals surface area contributed by atoms with Crippen LogP contribution < -0.4 is 0 Å². The quantitative estimate of drug-likeness (QED) is 0.328. The van der Waals surface area contributed by atoms with E-state index in [-0.39, 0.29) is 18.7 Å². The molecule has 3 aliphatic rings. The number of allylic oxidation sites excluding steroid dienone is 3. The van der Waals surface area contributed by atoms with Gasteiger partial charge in [-0.25, -0.2) is 4.79 Å². The lowest BCUT2D eigenvalue weighted by atomic mass is 9.77. The van der Waals surface area contributed by atoms with Gasteiger partial charge in [-0.2, -0.15) is 0 Å². The van der Waals surface area contributed by atoms with Gasteiger partial charge in [0, 0.05) is 18.6 Å². The summed E-state index contributed by atoms with van der Waals surface area (Å²) in [5.74, 6) is 2.44. The van der Waals surface area contributed by atoms with Crippen molar-refractivity contribution in [3.63, 3.8) is 0 Å². The average molecular weight is 306 g/mol. The summed E-state index contributed by atoms with van der Waals surface area (Å²) in [7, 11) is 3.09. The summed E-state index contributed by atoms with van der Waals surface area (Å²) >= 11 is 0. The Hall–Kier alpha value is -1.13. The highest BCUT2D eigenvalue weighted by atomic mass is 16.7. The van der Waals surface area contributed by atoms with Crippen molar-refractivity contribution in [1.82, 2.24) is 0 Å². The van der Waals surface area contributed by atoms with E-state index in [1.807, 2.05) is 0 Å². The molecule has 0 N–H and O–H groups in total. The van der Waals surface area contributed by atoms with E-state index in [4.69, 9.17) is 14.2 Å². The van der Waals surface area contributed by atoms with Gasteiger partial charge in [0.15, 0.2) is 0 Å². The third kappa shape index (κ3) is 2.33. The highest BCUT2D eigenvalue weighted by Crippen LogP contribution is 2.61. The van der Waals surface area contributed by atoms with Gasteiger partial charge in [0.1, 0.15) is 6.79 Å². The summed E-state index contributed by atoms with van der Waals surface area (Å²) in [6.07, 6.45) is 5.91. The van der Waals surface area contributed by atoms with Crippen LogP contribution >= 0.6 is 0 Å². The molecule has 0 spiro atoms. The van der Waals surface area contributed by atoms with Crippen LogP contribution in [0, 0.1) is 35.5 Å². The Kier molecular flexibility index (Phi) is 4.42. The molecule has 3 rings (SSSR count). The summed E-state index contributed by atoms with van der Waals surface area (Å²) < 4.78 is 15.8. The number of hydrogen-bond acceptors (Lipinski definition) is 4. The van der Waals surface area contributed by atoms with Crippen molar-refractivity contribution in [2.75, 3.05) is 27.6 Å². The first-order valence-electron chi connectivity index (χ1n) is 8.17. The minimum atomic E-state index is -0.177. The molecule has 0 aromatic heterocycles. The van der Waals surface area contributed by atoms with Crippen LogP contribution in [-0.4, -0.2) is 33.6 Å². The van der Waals surface area contributed by atoms with E-state index >= 15 is 0 Å². The third-order valence-corrected chi connectivity index (χ3v) is 5.55. The molecule has 22 heavy (non-hydrogen) atoms. The summed E-state index contributed by atoms with van der Waals surface area (Å²) in [5, 5.41) is 0. The summed E-state index contributed by atoms with van der Waals surface area (Å²) in [5.41, 5.74) is 2.18. The van der Waals surface area contributed by atoms with E-state index in [2.05, 4.69) is 26.0 Å². The molecule has 122 valence electrons. The maximum atomic E-state index is 12.4. The van der Waals surface area contributed by atoms with Crippen molar-refractivity contribution in [3.8, 4) is 0 Å². The Labute approximate surface area is 132 Å². The molecule has 0 unspecified atom stereocenters. The first-order chi connectivity index (χ1) is 10.6. The van der Waals surface area contributed by atoms with Crippen LogP contribution in [-0.2, 0) is 19.0 Å². The van der Waals surface area contributed by atoms with Crippen molar-refractivity contribution < 1.29 is 19.0 Å². The monoisotopic (exact) mass is 306 g/mol. The smallest absolute Gasteiger partial charge is 0.334 e. The number of esters is 1. The number of methoxy groups -OCH3 is 2. The number of fused-ring (bicyclic) bond motifs is 5. The van der Waals surface area contributed by atoms with Crippen molar-refractivity contribution in [3.05, 3.63) is 23.3 Å². The van der Waals surface area contributed by atoms with Gasteiger partial charge in [-0.1, -0.05) is 31.6 Å². The standard InChI is InChI=1S/C18H26O4/c1-10(2)14-16-12-6-5-11(7-12)15(16)13(8-22-9-20-3)17(14)18(19)21-4/h5-6,10-13,15-16H,7-9H2,1-4H3/t11-,12+,13+,15+,16-/m0/s1. The largest absolute Gasteiger partial charge is 0.466 e. The fourth-order valence-electron chi connectivity index (χ4n) is 4.96. The summed E-state index contributed by atoms with van der Waals surface area (Å²) in [4.78, 5) is 12.4. The molecular weight excluding hydrogens is 280 g/mol. The Morgan fingerprint density at radius 2 is 2.00 bits per heavy atom. The van der Waals surface area contributed by atoms with E-state index in [0.717, 1.165) is 5.57 Å². The van der Waals surface area contributed by atoms with E-state index in [1.54, 1.807) is 7.11 Å². The Balaban J connectivity index is 1.96. The van der Waals surface area contributed by atoms with Crippen LogP contribution in [0.5, 0.6) is 0 Å². The van der Waals surface area contributed by atoms with Gasteiger partial charge in [0.25, 0.3) is 0 Å². The first kappa shape index (κ1) is 15.8. The predicted octanol–water partition coefficient (Wildman–Crippen LogP) is 2.80. The molecule has 1 saturated carbocycles. The van der Waals surface area contributed by atoms with Gasteiger partial charge in [0.05, 0.1) is 13.7 Å². The lowest BCUT2D eigenvalue weighted by Gasteiger charge is -2.28. The Morgan fingerprint density at radius 1 is 1.27 bits per heavy atom. The number of carbonyl (C=O) groups excluding carboxylic acids is 1. The molecule has 2 bridgehead atoms. The molecule has 0 amide bonds. The summed E-state index contributed by atoms with van der Waals surface area (Å²) in [6.45, 7) is 5.17. The maximum Gasteiger partial charge on any atom is 0.334 e. The molecule has 0 heterocycles. The van der Waals surface area contributed by atoms with Gasteiger partial charge in [-0.05, 0) is 36.0 Å². The van der Waals surface area contributed by atoms with Crippen LogP contribution in [0.25, 0.3) is 0 Å². The SMILES string of the molecule is COCOC[C@H]1C(C(=O)OC)=C(C(C)C)[C@H]2[C@@H]1[C@H]1C=C[C@@H]2C1. The molecule has 1 fully saturated rings. The Bertz CT molecular complexity index is 505. The Morgan fingerprint density at radius 3 is 2.64 bits per heavy atom. The van der Waals surface area contributed by atoms with Crippen molar-refractivity contribution in [2.24, 2.45) is 35.5 Å². The lowest BCUT2D eigenvalue weighted by molar-refractivity contribution is -0.137. The van der Waals surface area contributed by atoms with Crippen LogP contribution in [0.3, 0.4) is 0 Å². The zero-order valence-corrected chi connectivity index (χ0v) is 13.9. The molecule has 4 heteroatoms. The second-order valence-electron chi connectivity index (χ2n) is 6.95. The summed E-state index contributed by atoms with van der Waals surface area (Å²) in [6, 6.07) is 0. The number of hydrogen-bond donors (Lipinski definition) is 0. The van der Waals surface area contributed by atoms with Gasteiger partial charge >= 0.3 is 5.97 Å². The zero-order valence-electron chi connectivity index (χ0n) is 13.9. The van der Waals surface area contributed by atoms with E-state index in [1.165, 1.54) is 19.1 Å². The number of rotatable bonds is 6. The molecule has 0 aromatic rings. The van der Waals surface area contributed by atoms with E-state index in [0.29, 0.717) is 36.2 Å². The van der Waals surface area contributed by atoms with Crippen LogP contribution in [0.15, 0.2) is 23.3 Å². The molecule has 0 radical (unpaired) electrons. The third-order valence-electron chi connectivity index (χ3n) is 5.55. The average Bonchev–Trinajstić information content (AvgIpc) is 3.17. The van der Waals surface area contributed by atoms with Gasteiger partial charge in [0.2, 0.25) is 0 Å². The minimum Gasteiger partial charge on any atom is -0.466 e. The molecule has 5 atom stereocenters. The molecule has 4 nitrogen and oxygen atoms in total.